The summed E-state index contributed by atoms with van der Waals surface area (Å²) in [5, 5.41) is 11.6. The maximum Gasteiger partial charge on any atom is 0.320 e. The third kappa shape index (κ3) is 5.96. The largest absolute Gasteiger partial charge is 0.480 e. The van der Waals surface area contributed by atoms with E-state index in [9.17, 15) is 14.4 Å². The van der Waals surface area contributed by atoms with E-state index in [1.165, 1.54) is 0 Å². The number of nitrogens with one attached hydrogen (secondary N) is 1. The lowest BCUT2D eigenvalue weighted by Crippen LogP contribution is -2.55. The van der Waals surface area contributed by atoms with Gasteiger partial charge in [0.15, 0.2) is 0 Å². The standard InChI is InChI=1S/C12H22N4O5/c1-9(11(18)19)15-3-5-16(6-4-15)12(20)14-2-7-21-8-10(13)17/h9H,2-8H2,1H3,(H2,13,17)(H,14,20)(H,18,19). The van der Waals surface area contributed by atoms with Crippen LogP contribution >= 0.6 is 0 Å². The molecule has 0 spiro atoms. The number of hydrogen-bond acceptors (Lipinski definition) is 5. The summed E-state index contributed by atoms with van der Waals surface area (Å²) in [7, 11) is 0. The average Bonchev–Trinajstić information content (AvgIpc) is 2.45. The van der Waals surface area contributed by atoms with Crippen LogP contribution in [0.3, 0.4) is 0 Å². The highest BCUT2D eigenvalue weighted by Crippen LogP contribution is 2.06. The molecule has 1 rings (SSSR count). The molecule has 120 valence electrons. The number of hydrogen-bond donors (Lipinski definition) is 3. The molecule has 0 aromatic carbocycles. The second kappa shape index (κ2) is 8.42. The fraction of sp³-hybridized carbons (Fsp3) is 0.750. The van der Waals surface area contributed by atoms with Crippen molar-refractivity contribution in [3.8, 4) is 0 Å². The number of carboxylic acids is 1. The summed E-state index contributed by atoms with van der Waals surface area (Å²) in [6, 6.07) is -0.766. The SMILES string of the molecule is CC(C(=O)O)N1CCN(C(=O)NCCOCC(N)=O)CC1. The molecular formula is C12H22N4O5. The van der Waals surface area contributed by atoms with Crippen LogP contribution in [-0.2, 0) is 14.3 Å². The number of carboxylic acid groups (broad SMARTS) is 1. The lowest BCUT2D eigenvalue weighted by molar-refractivity contribution is -0.143. The second-order valence-electron chi connectivity index (χ2n) is 4.79. The van der Waals surface area contributed by atoms with E-state index in [2.05, 4.69) is 5.32 Å². The first-order valence-electron chi connectivity index (χ1n) is 6.77. The van der Waals surface area contributed by atoms with Gasteiger partial charge in [-0.2, -0.15) is 0 Å². The molecule has 21 heavy (non-hydrogen) atoms. The fourth-order valence-corrected chi connectivity index (χ4v) is 1.98. The summed E-state index contributed by atoms with van der Waals surface area (Å²) in [6.07, 6.45) is 0. The molecular weight excluding hydrogens is 280 g/mol. The molecule has 1 aliphatic heterocycles. The molecule has 1 fully saturated rings. The van der Waals surface area contributed by atoms with Gasteiger partial charge in [0.2, 0.25) is 5.91 Å². The van der Waals surface area contributed by atoms with Crippen LogP contribution in [0.2, 0.25) is 0 Å². The van der Waals surface area contributed by atoms with Crippen molar-refractivity contribution in [1.29, 1.82) is 0 Å². The van der Waals surface area contributed by atoms with E-state index in [0.717, 1.165) is 0 Å². The van der Waals surface area contributed by atoms with Gasteiger partial charge in [-0.1, -0.05) is 0 Å². The Morgan fingerprint density at radius 1 is 1.29 bits per heavy atom. The van der Waals surface area contributed by atoms with Crippen molar-refractivity contribution in [2.75, 3.05) is 45.9 Å². The van der Waals surface area contributed by atoms with Crippen LogP contribution in [0.25, 0.3) is 0 Å². The van der Waals surface area contributed by atoms with Crippen molar-refractivity contribution in [2.24, 2.45) is 5.73 Å². The van der Waals surface area contributed by atoms with Gasteiger partial charge in [0.1, 0.15) is 12.6 Å². The van der Waals surface area contributed by atoms with Crippen molar-refractivity contribution in [3.05, 3.63) is 0 Å². The molecule has 0 aromatic heterocycles. The number of carbonyl (C=O) groups excluding carboxylic acids is 2. The number of piperazine rings is 1. The van der Waals surface area contributed by atoms with Crippen molar-refractivity contribution in [3.63, 3.8) is 0 Å². The van der Waals surface area contributed by atoms with Gasteiger partial charge in [-0.25, -0.2) is 4.79 Å². The number of nitrogens with two attached hydrogens (primary N) is 1. The van der Waals surface area contributed by atoms with Gasteiger partial charge >= 0.3 is 12.0 Å². The lowest BCUT2D eigenvalue weighted by atomic mass is 10.2. The summed E-state index contributed by atoms with van der Waals surface area (Å²) < 4.78 is 4.93. The van der Waals surface area contributed by atoms with Crippen molar-refractivity contribution < 1.29 is 24.2 Å². The van der Waals surface area contributed by atoms with Gasteiger partial charge in [0.05, 0.1) is 6.61 Å². The first-order valence-corrected chi connectivity index (χ1v) is 6.77. The number of carbonyl (C=O) groups is 3. The molecule has 0 bridgehead atoms. The predicted octanol–water partition coefficient (Wildman–Crippen LogP) is -1.71. The molecule has 0 saturated carbocycles. The highest BCUT2D eigenvalue weighted by Gasteiger charge is 2.26. The van der Waals surface area contributed by atoms with Crippen molar-refractivity contribution in [1.82, 2.24) is 15.1 Å². The normalized spacial score (nSPS) is 17.3. The summed E-state index contributed by atoms with van der Waals surface area (Å²) in [5.74, 6) is -1.41. The Labute approximate surface area is 123 Å². The van der Waals surface area contributed by atoms with Crippen LogP contribution in [0.1, 0.15) is 6.92 Å². The Bertz CT molecular complexity index is 382. The van der Waals surface area contributed by atoms with Gasteiger partial charge in [-0.3, -0.25) is 14.5 Å². The van der Waals surface area contributed by atoms with Gasteiger partial charge in [-0.15, -0.1) is 0 Å². The minimum absolute atomic E-state index is 0.165. The monoisotopic (exact) mass is 302 g/mol. The van der Waals surface area contributed by atoms with Crippen LogP contribution in [0.4, 0.5) is 4.79 Å². The fourth-order valence-electron chi connectivity index (χ4n) is 1.98. The quantitative estimate of drug-likeness (QED) is 0.481. The molecule has 1 heterocycles. The first-order chi connectivity index (χ1) is 9.91. The number of rotatable bonds is 7. The Kier molecular flexibility index (Phi) is 6.89. The zero-order valence-electron chi connectivity index (χ0n) is 12.1. The lowest BCUT2D eigenvalue weighted by Gasteiger charge is -2.36. The molecule has 1 atom stereocenters. The summed E-state index contributed by atoms with van der Waals surface area (Å²) in [5.41, 5.74) is 4.90. The van der Waals surface area contributed by atoms with E-state index in [1.807, 2.05) is 4.90 Å². The number of nitrogens with zero attached hydrogens (tertiary/aromatic N) is 2. The van der Waals surface area contributed by atoms with E-state index in [0.29, 0.717) is 26.2 Å². The van der Waals surface area contributed by atoms with Gasteiger partial charge in [0, 0.05) is 32.7 Å². The van der Waals surface area contributed by atoms with E-state index in [4.69, 9.17) is 15.6 Å². The molecule has 4 N–H and O–H groups in total. The summed E-state index contributed by atoms with van der Waals surface area (Å²) in [4.78, 5) is 36.6. The van der Waals surface area contributed by atoms with Crippen molar-refractivity contribution >= 4 is 17.9 Å². The number of primary amides is 1. The topological polar surface area (TPSA) is 125 Å². The van der Waals surface area contributed by atoms with Crippen LogP contribution in [0, 0.1) is 0 Å². The van der Waals surface area contributed by atoms with E-state index in [1.54, 1.807) is 11.8 Å². The van der Waals surface area contributed by atoms with Gasteiger partial charge in [0.25, 0.3) is 0 Å². The highest BCUT2D eigenvalue weighted by molar-refractivity contribution is 5.75. The van der Waals surface area contributed by atoms with Crippen LogP contribution in [-0.4, -0.2) is 84.8 Å². The molecule has 0 aromatic rings. The Hall–Kier alpha value is -1.87. The van der Waals surface area contributed by atoms with Crippen LogP contribution in [0.5, 0.6) is 0 Å². The molecule has 1 unspecified atom stereocenters. The molecule has 9 nitrogen and oxygen atoms in total. The smallest absolute Gasteiger partial charge is 0.320 e. The Morgan fingerprint density at radius 2 is 1.90 bits per heavy atom. The molecule has 0 radical (unpaired) electrons. The second-order valence-corrected chi connectivity index (χ2v) is 4.79. The molecule has 1 saturated heterocycles. The number of ether oxygens (including phenoxy) is 1. The van der Waals surface area contributed by atoms with E-state index >= 15 is 0 Å². The third-order valence-corrected chi connectivity index (χ3v) is 3.27. The molecule has 1 aliphatic rings. The Morgan fingerprint density at radius 3 is 2.43 bits per heavy atom. The van der Waals surface area contributed by atoms with Crippen LogP contribution in [0.15, 0.2) is 0 Å². The third-order valence-electron chi connectivity index (χ3n) is 3.27. The average molecular weight is 302 g/mol. The van der Waals surface area contributed by atoms with Crippen LogP contribution < -0.4 is 11.1 Å². The summed E-state index contributed by atoms with van der Waals surface area (Å²) >= 11 is 0. The van der Waals surface area contributed by atoms with E-state index in [-0.39, 0.29) is 25.8 Å². The maximum absolute atomic E-state index is 11.8. The van der Waals surface area contributed by atoms with E-state index < -0.39 is 17.9 Å². The molecule has 0 aliphatic carbocycles. The highest BCUT2D eigenvalue weighted by atomic mass is 16.5. The Balaban J connectivity index is 2.20. The zero-order chi connectivity index (χ0) is 15.8. The predicted molar refractivity (Wildman–Crippen MR) is 73.7 cm³/mol. The molecule has 3 amide bonds. The minimum Gasteiger partial charge on any atom is -0.480 e. The number of aliphatic carboxylic acids is 1. The minimum atomic E-state index is -0.862. The van der Waals surface area contributed by atoms with Gasteiger partial charge < -0.3 is 25.8 Å². The maximum atomic E-state index is 11.8. The summed E-state index contributed by atoms with van der Waals surface area (Å²) in [6.45, 7) is 3.98. The number of urea groups is 1. The van der Waals surface area contributed by atoms with Crippen molar-refractivity contribution in [2.45, 2.75) is 13.0 Å². The first kappa shape index (κ1) is 17.2. The van der Waals surface area contributed by atoms with Gasteiger partial charge in [-0.05, 0) is 6.92 Å². The number of amides is 3. The molecule has 9 heteroatoms. The zero-order valence-corrected chi connectivity index (χ0v) is 12.1.